The lowest BCUT2D eigenvalue weighted by Crippen LogP contribution is -2.51. The number of anilines is 1. The average molecular weight is 264 g/mol. The molecule has 1 heterocycles. The second-order valence-corrected chi connectivity index (χ2v) is 5.93. The smallest absolute Gasteiger partial charge is 0.141 e. The largest absolute Gasteiger partial charge is 0.495 e. The summed E-state index contributed by atoms with van der Waals surface area (Å²) in [5.41, 5.74) is 7.77. The van der Waals surface area contributed by atoms with Crippen LogP contribution in [0.4, 0.5) is 5.69 Å². The van der Waals surface area contributed by atoms with Crippen molar-refractivity contribution >= 4 is 5.69 Å². The molecular formula is C15H24N2O2. The Bertz CT molecular complexity index is 446. The monoisotopic (exact) mass is 264 g/mol. The Hall–Kier alpha value is -1.26. The Kier molecular flexibility index (Phi) is 4.02. The first-order chi connectivity index (χ1) is 8.89. The fourth-order valence-corrected chi connectivity index (χ4v) is 2.85. The first-order valence-electron chi connectivity index (χ1n) is 6.72. The number of rotatable bonds is 3. The summed E-state index contributed by atoms with van der Waals surface area (Å²) in [6, 6.07) is 5.99. The molecular weight excluding hydrogens is 240 g/mol. The molecule has 2 N–H and O–H groups in total. The van der Waals surface area contributed by atoms with E-state index in [0.717, 1.165) is 25.4 Å². The van der Waals surface area contributed by atoms with Crippen molar-refractivity contribution in [2.45, 2.75) is 39.0 Å². The molecule has 1 atom stereocenters. The predicted octanol–water partition coefficient (Wildman–Crippen LogP) is 2.28. The van der Waals surface area contributed by atoms with E-state index in [4.69, 9.17) is 15.2 Å². The minimum atomic E-state index is -0.0876. The summed E-state index contributed by atoms with van der Waals surface area (Å²) < 4.78 is 11.1. The number of nitrogen functional groups attached to an aromatic ring is 1. The van der Waals surface area contributed by atoms with Gasteiger partial charge < -0.3 is 15.2 Å². The summed E-state index contributed by atoms with van der Waals surface area (Å²) in [5, 5.41) is 0. The van der Waals surface area contributed by atoms with Gasteiger partial charge in [0.05, 0.1) is 24.5 Å². The van der Waals surface area contributed by atoms with E-state index in [1.165, 1.54) is 5.56 Å². The second kappa shape index (κ2) is 5.39. The maximum atomic E-state index is 5.95. The molecule has 0 amide bonds. The molecule has 1 fully saturated rings. The molecule has 0 saturated carbocycles. The van der Waals surface area contributed by atoms with Crippen LogP contribution in [-0.4, -0.2) is 36.8 Å². The fourth-order valence-electron chi connectivity index (χ4n) is 2.85. The van der Waals surface area contributed by atoms with Crippen molar-refractivity contribution in [2.75, 3.05) is 25.9 Å². The van der Waals surface area contributed by atoms with E-state index in [2.05, 4.69) is 31.7 Å². The Morgan fingerprint density at radius 2 is 2.21 bits per heavy atom. The fraction of sp³-hybridized carbons (Fsp3) is 0.600. The zero-order valence-electron chi connectivity index (χ0n) is 12.3. The van der Waals surface area contributed by atoms with Crippen LogP contribution in [0, 0.1) is 0 Å². The molecule has 4 heteroatoms. The van der Waals surface area contributed by atoms with Crippen molar-refractivity contribution in [1.82, 2.24) is 4.90 Å². The van der Waals surface area contributed by atoms with E-state index >= 15 is 0 Å². The molecule has 106 valence electrons. The number of nitrogens with zero attached hydrogens (tertiary/aromatic N) is 1. The third-order valence-electron chi connectivity index (χ3n) is 3.34. The molecule has 1 aliphatic rings. The number of hydrogen-bond donors (Lipinski definition) is 1. The normalized spacial score (nSPS) is 23.3. The van der Waals surface area contributed by atoms with E-state index in [-0.39, 0.29) is 11.7 Å². The molecule has 0 aromatic heterocycles. The number of ether oxygens (including phenoxy) is 2. The zero-order chi connectivity index (χ0) is 14.0. The highest BCUT2D eigenvalue weighted by molar-refractivity contribution is 5.54. The first-order valence-corrected chi connectivity index (χ1v) is 6.72. The van der Waals surface area contributed by atoms with Gasteiger partial charge in [-0.3, -0.25) is 4.90 Å². The van der Waals surface area contributed by atoms with Crippen LogP contribution >= 0.6 is 0 Å². The summed E-state index contributed by atoms with van der Waals surface area (Å²) >= 11 is 0. The predicted molar refractivity (Wildman–Crippen MR) is 77.3 cm³/mol. The highest BCUT2D eigenvalue weighted by atomic mass is 16.5. The van der Waals surface area contributed by atoms with Gasteiger partial charge in [0.2, 0.25) is 0 Å². The zero-order valence-corrected chi connectivity index (χ0v) is 12.3. The molecule has 1 aromatic carbocycles. The third-order valence-corrected chi connectivity index (χ3v) is 3.34. The number of nitrogens with two attached hydrogens (primary N) is 1. The lowest BCUT2D eigenvalue weighted by atomic mass is 10.0. The lowest BCUT2D eigenvalue weighted by molar-refractivity contribution is -0.130. The van der Waals surface area contributed by atoms with Gasteiger partial charge in [-0.05, 0) is 38.5 Å². The van der Waals surface area contributed by atoms with Crippen LogP contribution in [0.25, 0.3) is 0 Å². The van der Waals surface area contributed by atoms with Crippen LogP contribution < -0.4 is 10.5 Å². The van der Waals surface area contributed by atoms with Gasteiger partial charge >= 0.3 is 0 Å². The van der Waals surface area contributed by atoms with Crippen LogP contribution in [0.2, 0.25) is 0 Å². The average Bonchev–Trinajstić information content (AvgIpc) is 2.26. The molecule has 0 bridgehead atoms. The Balaban J connectivity index is 2.06. The Labute approximate surface area is 115 Å². The molecule has 1 aromatic rings. The van der Waals surface area contributed by atoms with Gasteiger partial charge in [0.25, 0.3) is 0 Å². The van der Waals surface area contributed by atoms with Crippen molar-refractivity contribution in [3.63, 3.8) is 0 Å². The van der Waals surface area contributed by atoms with Crippen molar-refractivity contribution in [2.24, 2.45) is 0 Å². The summed E-state index contributed by atoms with van der Waals surface area (Å²) in [7, 11) is 1.64. The third kappa shape index (κ3) is 3.61. The molecule has 0 aliphatic carbocycles. The van der Waals surface area contributed by atoms with Crippen molar-refractivity contribution in [3.8, 4) is 5.75 Å². The molecule has 0 radical (unpaired) electrons. The van der Waals surface area contributed by atoms with E-state index in [1.807, 2.05) is 12.1 Å². The molecule has 2 rings (SSSR count). The van der Waals surface area contributed by atoms with Gasteiger partial charge in [-0.2, -0.15) is 0 Å². The van der Waals surface area contributed by atoms with Gasteiger partial charge in [-0.15, -0.1) is 0 Å². The minimum absolute atomic E-state index is 0.0876. The van der Waals surface area contributed by atoms with Crippen LogP contribution in [0.5, 0.6) is 5.75 Å². The molecule has 19 heavy (non-hydrogen) atoms. The summed E-state index contributed by atoms with van der Waals surface area (Å²) in [6.07, 6.45) is 0.263. The Morgan fingerprint density at radius 3 is 2.79 bits per heavy atom. The van der Waals surface area contributed by atoms with Crippen molar-refractivity contribution in [1.29, 1.82) is 0 Å². The van der Waals surface area contributed by atoms with Gasteiger partial charge in [-0.25, -0.2) is 0 Å². The van der Waals surface area contributed by atoms with Crippen LogP contribution in [-0.2, 0) is 11.3 Å². The molecule has 0 spiro atoms. The van der Waals surface area contributed by atoms with Crippen molar-refractivity contribution < 1.29 is 9.47 Å². The van der Waals surface area contributed by atoms with E-state index in [9.17, 15) is 0 Å². The van der Waals surface area contributed by atoms with Crippen molar-refractivity contribution in [3.05, 3.63) is 23.8 Å². The highest BCUT2D eigenvalue weighted by Gasteiger charge is 2.31. The standard InChI is InChI=1S/C15H24N2O2/c1-11-8-17(10-15(2,3)19-11)9-12-5-6-14(18-4)13(16)7-12/h5-7,11H,8-10,16H2,1-4H3. The highest BCUT2D eigenvalue weighted by Crippen LogP contribution is 2.25. The number of morpholine rings is 1. The number of methoxy groups -OCH3 is 1. The Morgan fingerprint density at radius 1 is 1.47 bits per heavy atom. The topological polar surface area (TPSA) is 47.7 Å². The molecule has 4 nitrogen and oxygen atoms in total. The maximum Gasteiger partial charge on any atom is 0.141 e. The summed E-state index contributed by atoms with van der Waals surface area (Å²) in [4.78, 5) is 2.41. The van der Waals surface area contributed by atoms with Gasteiger partial charge in [-0.1, -0.05) is 6.07 Å². The molecule has 1 saturated heterocycles. The maximum absolute atomic E-state index is 5.95. The quantitative estimate of drug-likeness (QED) is 0.851. The number of benzene rings is 1. The lowest BCUT2D eigenvalue weighted by Gasteiger charge is -2.41. The number of hydrogen-bond acceptors (Lipinski definition) is 4. The van der Waals surface area contributed by atoms with E-state index in [0.29, 0.717) is 5.69 Å². The van der Waals surface area contributed by atoms with Crippen LogP contribution in [0.3, 0.4) is 0 Å². The summed E-state index contributed by atoms with van der Waals surface area (Å²) in [6.45, 7) is 9.18. The minimum Gasteiger partial charge on any atom is -0.495 e. The second-order valence-electron chi connectivity index (χ2n) is 5.93. The van der Waals surface area contributed by atoms with Crippen LogP contribution in [0.1, 0.15) is 26.3 Å². The first kappa shape index (κ1) is 14.2. The summed E-state index contributed by atoms with van der Waals surface area (Å²) in [5.74, 6) is 0.736. The van der Waals surface area contributed by atoms with Gasteiger partial charge in [0.15, 0.2) is 0 Å². The van der Waals surface area contributed by atoms with Gasteiger partial charge in [0.1, 0.15) is 5.75 Å². The van der Waals surface area contributed by atoms with E-state index in [1.54, 1.807) is 7.11 Å². The molecule has 1 aliphatic heterocycles. The van der Waals surface area contributed by atoms with Crippen LogP contribution in [0.15, 0.2) is 18.2 Å². The molecule has 1 unspecified atom stereocenters. The SMILES string of the molecule is COc1ccc(CN2CC(C)OC(C)(C)C2)cc1N. The van der Waals surface area contributed by atoms with E-state index < -0.39 is 0 Å². The van der Waals surface area contributed by atoms with Gasteiger partial charge in [0, 0.05) is 19.6 Å².